The number of rotatable bonds is 15. The minimum atomic E-state index is -1.38. The van der Waals surface area contributed by atoms with Crippen LogP contribution in [0.1, 0.15) is 38.7 Å². The highest BCUT2D eigenvalue weighted by atomic mass is 32.1. The van der Waals surface area contributed by atoms with Crippen molar-refractivity contribution >= 4 is 42.3 Å². The van der Waals surface area contributed by atoms with Gasteiger partial charge in [0.05, 0.1) is 6.04 Å². The molecule has 200 valence electrons. The van der Waals surface area contributed by atoms with E-state index in [-0.39, 0.29) is 36.7 Å². The molecule has 0 bridgehead atoms. The predicted octanol–water partition coefficient (Wildman–Crippen LogP) is -0.358. The van der Waals surface area contributed by atoms with Crippen LogP contribution in [0.25, 0.3) is 0 Å². The fourth-order valence-corrected chi connectivity index (χ4v) is 3.38. The lowest BCUT2D eigenvalue weighted by Gasteiger charge is -2.25. The van der Waals surface area contributed by atoms with Gasteiger partial charge < -0.3 is 37.0 Å². The van der Waals surface area contributed by atoms with E-state index in [0.29, 0.717) is 5.56 Å². The Hall–Kier alpha value is -3.32. The summed E-state index contributed by atoms with van der Waals surface area (Å²) in [5.74, 6) is -4.79. The van der Waals surface area contributed by atoms with Crippen molar-refractivity contribution in [3.05, 3.63) is 29.8 Å². The van der Waals surface area contributed by atoms with Crippen molar-refractivity contribution in [2.24, 2.45) is 11.7 Å². The molecule has 1 rings (SSSR count). The van der Waals surface area contributed by atoms with Gasteiger partial charge in [0.15, 0.2) is 0 Å². The van der Waals surface area contributed by atoms with Crippen molar-refractivity contribution in [1.29, 1.82) is 0 Å². The summed E-state index contributed by atoms with van der Waals surface area (Å²) in [5.41, 5.74) is 6.18. The average molecular weight is 527 g/mol. The molecule has 13 heteroatoms. The first-order valence-corrected chi connectivity index (χ1v) is 12.0. The molecule has 4 atom stereocenters. The Morgan fingerprint density at radius 3 is 1.92 bits per heavy atom. The van der Waals surface area contributed by atoms with E-state index < -0.39 is 60.2 Å². The highest BCUT2D eigenvalue weighted by Crippen LogP contribution is 2.12. The number of phenols is 1. The molecule has 0 spiro atoms. The first-order valence-electron chi connectivity index (χ1n) is 11.3. The lowest BCUT2D eigenvalue weighted by atomic mass is 10.0. The molecule has 3 amide bonds. The number of amides is 3. The van der Waals surface area contributed by atoms with Crippen LogP contribution in [0.4, 0.5) is 0 Å². The van der Waals surface area contributed by atoms with E-state index in [4.69, 9.17) is 10.8 Å². The number of hydrogen-bond donors (Lipinski definition) is 8. The van der Waals surface area contributed by atoms with Gasteiger partial charge in [-0.2, -0.15) is 12.6 Å². The van der Waals surface area contributed by atoms with Crippen molar-refractivity contribution in [2.75, 3.05) is 5.75 Å². The van der Waals surface area contributed by atoms with Crippen LogP contribution in [0.2, 0.25) is 0 Å². The number of benzene rings is 1. The van der Waals surface area contributed by atoms with Crippen molar-refractivity contribution in [1.82, 2.24) is 16.0 Å². The van der Waals surface area contributed by atoms with Crippen molar-refractivity contribution in [3.8, 4) is 5.75 Å². The smallest absolute Gasteiger partial charge is 0.326 e. The number of carbonyl (C=O) groups is 5. The van der Waals surface area contributed by atoms with Gasteiger partial charge in [0.1, 0.15) is 23.9 Å². The minimum Gasteiger partial charge on any atom is -0.508 e. The van der Waals surface area contributed by atoms with Gasteiger partial charge in [-0.15, -0.1) is 0 Å². The van der Waals surface area contributed by atoms with Gasteiger partial charge in [0.25, 0.3) is 0 Å². The number of carboxylic acid groups (broad SMARTS) is 2. The van der Waals surface area contributed by atoms with Crippen LogP contribution in [-0.4, -0.2) is 74.9 Å². The molecule has 12 nitrogen and oxygen atoms in total. The van der Waals surface area contributed by atoms with Crippen LogP contribution in [0.5, 0.6) is 5.75 Å². The summed E-state index contributed by atoms with van der Waals surface area (Å²) < 4.78 is 0. The van der Waals surface area contributed by atoms with E-state index in [9.17, 15) is 34.2 Å². The molecular weight excluding hydrogens is 492 g/mol. The first-order chi connectivity index (χ1) is 16.8. The Balaban J connectivity index is 3.04. The second-order valence-corrected chi connectivity index (χ2v) is 9.11. The SMILES string of the molecule is CC(C)CC(NC(=O)C(N)CS)C(=O)NC(CCC(=O)O)C(=O)NC(Cc1ccc(O)cc1)C(=O)O. The van der Waals surface area contributed by atoms with E-state index in [2.05, 4.69) is 28.6 Å². The van der Waals surface area contributed by atoms with Gasteiger partial charge in [-0.1, -0.05) is 26.0 Å². The summed E-state index contributed by atoms with van der Waals surface area (Å²) >= 11 is 3.96. The number of carbonyl (C=O) groups excluding carboxylic acids is 3. The van der Waals surface area contributed by atoms with E-state index in [1.54, 1.807) is 0 Å². The van der Waals surface area contributed by atoms with Gasteiger partial charge in [-0.3, -0.25) is 19.2 Å². The normalized spacial score (nSPS) is 14.2. The number of hydrogen-bond acceptors (Lipinski definition) is 8. The molecule has 0 fully saturated rings. The number of nitrogens with two attached hydrogens (primary N) is 1. The van der Waals surface area contributed by atoms with Crippen molar-refractivity contribution in [2.45, 2.75) is 63.7 Å². The first kappa shape index (κ1) is 30.7. The minimum absolute atomic E-state index is 0.00974. The zero-order valence-corrected chi connectivity index (χ0v) is 21.0. The van der Waals surface area contributed by atoms with Gasteiger partial charge in [0, 0.05) is 18.6 Å². The zero-order chi connectivity index (χ0) is 27.4. The third-order valence-corrected chi connectivity index (χ3v) is 5.54. The molecule has 0 aliphatic carbocycles. The fraction of sp³-hybridized carbons (Fsp3) is 0.522. The maximum Gasteiger partial charge on any atom is 0.326 e. The average Bonchev–Trinajstić information content (AvgIpc) is 2.80. The molecule has 4 unspecified atom stereocenters. The monoisotopic (exact) mass is 526 g/mol. The molecule has 0 heterocycles. The summed E-state index contributed by atoms with van der Waals surface area (Å²) in [7, 11) is 0. The largest absolute Gasteiger partial charge is 0.508 e. The summed E-state index contributed by atoms with van der Waals surface area (Å²) in [6, 6.07) is 0.954. The number of phenolic OH excluding ortho intramolecular Hbond substituents is 1. The van der Waals surface area contributed by atoms with Crippen LogP contribution >= 0.6 is 12.6 Å². The summed E-state index contributed by atoms with van der Waals surface area (Å²) in [6.45, 7) is 3.64. The third-order valence-electron chi connectivity index (χ3n) is 5.14. The molecule has 0 saturated heterocycles. The Bertz CT molecular complexity index is 925. The summed E-state index contributed by atoms with van der Waals surface area (Å²) in [5, 5.41) is 35.3. The Kier molecular flexibility index (Phi) is 12.7. The maximum atomic E-state index is 13.0. The number of aliphatic carboxylic acids is 2. The lowest BCUT2D eigenvalue weighted by molar-refractivity contribution is -0.143. The number of aromatic hydroxyl groups is 1. The Labute approximate surface area is 214 Å². The molecule has 0 aliphatic heterocycles. The van der Waals surface area contributed by atoms with Crippen LogP contribution in [0.3, 0.4) is 0 Å². The van der Waals surface area contributed by atoms with E-state index >= 15 is 0 Å². The fourth-order valence-electron chi connectivity index (χ4n) is 3.21. The second kappa shape index (κ2) is 14.9. The molecule has 0 aliphatic rings. The van der Waals surface area contributed by atoms with Gasteiger partial charge in [0.2, 0.25) is 17.7 Å². The lowest BCUT2D eigenvalue weighted by Crippen LogP contribution is -2.57. The quantitative estimate of drug-likeness (QED) is 0.140. The van der Waals surface area contributed by atoms with Gasteiger partial charge in [-0.05, 0) is 36.5 Å². The molecule has 0 saturated carbocycles. The van der Waals surface area contributed by atoms with Crippen LogP contribution in [-0.2, 0) is 30.4 Å². The zero-order valence-electron chi connectivity index (χ0n) is 20.1. The number of nitrogens with one attached hydrogen (secondary N) is 3. The van der Waals surface area contributed by atoms with E-state index in [1.807, 2.05) is 13.8 Å². The standard InChI is InChI=1S/C23H34N4O8S/c1-12(2)9-17(26-20(31)15(24)11-36)22(33)25-16(7-8-19(29)30)21(32)27-18(23(34)35)10-13-3-5-14(28)6-4-13/h3-6,12,15-18,28,36H,7-11,24H2,1-2H3,(H,25,33)(H,26,31)(H,27,32)(H,29,30)(H,34,35). The molecule has 0 radical (unpaired) electrons. The van der Waals surface area contributed by atoms with Gasteiger partial charge in [-0.25, -0.2) is 4.79 Å². The second-order valence-electron chi connectivity index (χ2n) is 8.74. The number of carboxylic acids is 2. The van der Waals surface area contributed by atoms with E-state index in [0.717, 1.165) is 0 Å². The molecule has 36 heavy (non-hydrogen) atoms. The highest BCUT2D eigenvalue weighted by Gasteiger charge is 2.31. The van der Waals surface area contributed by atoms with Crippen LogP contribution in [0, 0.1) is 5.92 Å². The van der Waals surface area contributed by atoms with E-state index in [1.165, 1.54) is 24.3 Å². The molecule has 8 N–H and O–H groups in total. The summed E-state index contributed by atoms with van der Waals surface area (Å²) in [4.78, 5) is 61.0. The highest BCUT2D eigenvalue weighted by molar-refractivity contribution is 7.80. The van der Waals surface area contributed by atoms with Crippen molar-refractivity contribution < 1.29 is 39.3 Å². The maximum absolute atomic E-state index is 13.0. The topological polar surface area (TPSA) is 208 Å². The molecule has 1 aromatic rings. The van der Waals surface area contributed by atoms with Crippen molar-refractivity contribution in [3.63, 3.8) is 0 Å². The van der Waals surface area contributed by atoms with Crippen LogP contribution < -0.4 is 21.7 Å². The van der Waals surface area contributed by atoms with Crippen LogP contribution in [0.15, 0.2) is 24.3 Å². The Morgan fingerprint density at radius 2 is 1.42 bits per heavy atom. The van der Waals surface area contributed by atoms with Gasteiger partial charge >= 0.3 is 11.9 Å². The predicted molar refractivity (Wildman–Crippen MR) is 133 cm³/mol. The molecular formula is C23H34N4O8S. The number of thiol groups is 1. The molecule has 0 aromatic heterocycles. The molecule has 1 aromatic carbocycles. The summed E-state index contributed by atoms with van der Waals surface area (Å²) in [6.07, 6.45) is -0.686. The Morgan fingerprint density at radius 1 is 0.889 bits per heavy atom. The third kappa shape index (κ3) is 11.0.